The second kappa shape index (κ2) is 3.74. The summed E-state index contributed by atoms with van der Waals surface area (Å²) < 4.78 is 5.46. The molecule has 1 heterocycles. The normalized spacial score (nSPS) is 16.5. The van der Waals surface area contributed by atoms with Gasteiger partial charge in [0.05, 0.1) is 11.5 Å². The summed E-state index contributed by atoms with van der Waals surface area (Å²) in [6.07, 6.45) is 2.03. The molecule has 0 radical (unpaired) electrons. The third-order valence-electron chi connectivity index (χ3n) is 3.55. The number of aromatic nitrogens is 1. The van der Waals surface area contributed by atoms with E-state index in [1.807, 2.05) is 32.2 Å². The van der Waals surface area contributed by atoms with E-state index in [-0.39, 0.29) is 5.41 Å². The number of hydrogen-bond donors (Lipinski definition) is 0. The molecule has 0 N–H and O–H groups in total. The monoisotopic (exact) mass is 241 g/mol. The first-order valence-corrected chi connectivity index (χ1v) is 6.11. The van der Waals surface area contributed by atoms with Crippen LogP contribution in [0.25, 0.3) is 11.1 Å². The number of nitrogens with zero attached hydrogens (tertiary/aromatic N) is 3. The molecule has 0 bridgehead atoms. The van der Waals surface area contributed by atoms with Crippen LogP contribution in [0, 0.1) is 23.7 Å². The highest BCUT2D eigenvalue weighted by molar-refractivity contribution is 5.77. The van der Waals surface area contributed by atoms with Gasteiger partial charge < -0.3 is 9.32 Å². The zero-order chi connectivity index (χ0) is 12.8. The van der Waals surface area contributed by atoms with E-state index >= 15 is 0 Å². The van der Waals surface area contributed by atoms with Crippen LogP contribution < -0.4 is 4.90 Å². The molecule has 2 aromatic rings. The summed E-state index contributed by atoms with van der Waals surface area (Å²) in [6.45, 7) is 2.63. The quantitative estimate of drug-likeness (QED) is 0.829. The average Bonchev–Trinajstić information content (AvgIpc) is 3.01. The lowest BCUT2D eigenvalue weighted by atomic mass is 10.1. The molecule has 1 aromatic heterocycles. The van der Waals surface area contributed by atoms with Crippen molar-refractivity contribution in [2.45, 2.75) is 19.8 Å². The van der Waals surface area contributed by atoms with E-state index < -0.39 is 0 Å². The number of anilines is 1. The van der Waals surface area contributed by atoms with Crippen molar-refractivity contribution in [1.29, 1.82) is 5.26 Å². The zero-order valence-corrected chi connectivity index (χ0v) is 10.6. The van der Waals surface area contributed by atoms with E-state index in [2.05, 4.69) is 16.0 Å². The van der Waals surface area contributed by atoms with Gasteiger partial charge in [-0.15, -0.1) is 0 Å². The van der Waals surface area contributed by atoms with Crippen molar-refractivity contribution in [3.05, 3.63) is 24.1 Å². The number of fused-ring (bicyclic) bond motifs is 1. The van der Waals surface area contributed by atoms with Crippen molar-refractivity contribution in [2.24, 2.45) is 5.41 Å². The summed E-state index contributed by atoms with van der Waals surface area (Å²) in [7, 11) is 2.02. The van der Waals surface area contributed by atoms with Gasteiger partial charge in [0.25, 0.3) is 0 Å². The summed E-state index contributed by atoms with van der Waals surface area (Å²) in [5.74, 6) is 0.681. The summed E-state index contributed by atoms with van der Waals surface area (Å²) in [6, 6.07) is 8.38. The van der Waals surface area contributed by atoms with Crippen LogP contribution in [0.2, 0.25) is 0 Å². The van der Waals surface area contributed by atoms with Crippen molar-refractivity contribution >= 4 is 16.8 Å². The van der Waals surface area contributed by atoms with Gasteiger partial charge in [0, 0.05) is 26.2 Å². The minimum atomic E-state index is -0.122. The Morgan fingerprint density at radius 1 is 1.50 bits per heavy atom. The predicted octanol–water partition coefficient (Wildman–Crippen LogP) is 2.88. The Bertz CT molecular complexity index is 634. The standard InChI is InChI=1S/C14H15N3O/c1-10-16-12-7-11(3-4-13(12)18-10)17(2)9-14(8-15)5-6-14/h3-4,7H,5-6,9H2,1-2H3. The van der Waals surface area contributed by atoms with E-state index in [0.29, 0.717) is 5.89 Å². The summed E-state index contributed by atoms with van der Waals surface area (Å²) in [5.41, 5.74) is 2.64. The predicted molar refractivity (Wildman–Crippen MR) is 69.3 cm³/mol. The SMILES string of the molecule is Cc1nc2cc(N(C)CC3(C#N)CC3)ccc2o1. The number of nitriles is 1. The van der Waals surface area contributed by atoms with Crippen LogP contribution in [0.3, 0.4) is 0 Å². The molecule has 4 nitrogen and oxygen atoms in total. The first-order valence-electron chi connectivity index (χ1n) is 6.11. The average molecular weight is 241 g/mol. The molecule has 1 saturated carbocycles. The molecule has 1 aliphatic rings. The molecule has 1 aromatic carbocycles. The fourth-order valence-corrected chi connectivity index (χ4v) is 2.27. The molecular formula is C14H15N3O. The number of aryl methyl sites for hydroxylation is 1. The smallest absolute Gasteiger partial charge is 0.192 e. The lowest BCUT2D eigenvalue weighted by molar-refractivity contribution is 0.561. The lowest BCUT2D eigenvalue weighted by Gasteiger charge is -2.21. The first kappa shape index (κ1) is 11.1. The van der Waals surface area contributed by atoms with Crippen molar-refractivity contribution in [3.63, 3.8) is 0 Å². The van der Waals surface area contributed by atoms with E-state index in [1.54, 1.807) is 0 Å². The van der Waals surface area contributed by atoms with Gasteiger partial charge in [0.2, 0.25) is 0 Å². The molecule has 0 atom stereocenters. The number of benzene rings is 1. The van der Waals surface area contributed by atoms with Crippen LogP contribution >= 0.6 is 0 Å². The van der Waals surface area contributed by atoms with Crippen molar-refractivity contribution in [1.82, 2.24) is 4.98 Å². The molecule has 0 saturated heterocycles. The third-order valence-corrected chi connectivity index (χ3v) is 3.55. The molecular weight excluding hydrogens is 226 g/mol. The lowest BCUT2D eigenvalue weighted by Crippen LogP contribution is -2.25. The number of hydrogen-bond acceptors (Lipinski definition) is 4. The van der Waals surface area contributed by atoms with Crippen LogP contribution in [0.4, 0.5) is 5.69 Å². The van der Waals surface area contributed by atoms with Crippen LogP contribution in [0.1, 0.15) is 18.7 Å². The number of rotatable bonds is 3. The second-order valence-corrected chi connectivity index (χ2v) is 5.13. The van der Waals surface area contributed by atoms with E-state index in [0.717, 1.165) is 36.2 Å². The molecule has 92 valence electrons. The van der Waals surface area contributed by atoms with Crippen LogP contribution in [0.15, 0.2) is 22.6 Å². The highest BCUT2D eigenvalue weighted by atomic mass is 16.3. The van der Waals surface area contributed by atoms with Gasteiger partial charge in [-0.1, -0.05) is 0 Å². The minimum Gasteiger partial charge on any atom is -0.441 e. The van der Waals surface area contributed by atoms with Gasteiger partial charge in [-0.25, -0.2) is 4.98 Å². The largest absolute Gasteiger partial charge is 0.441 e. The maximum atomic E-state index is 9.12. The van der Waals surface area contributed by atoms with Crippen LogP contribution in [0.5, 0.6) is 0 Å². The fraction of sp³-hybridized carbons (Fsp3) is 0.429. The molecule has 0 amide bonds. The van der Waals surface area contributed by atoms with Gasteiger partial charge in [-0.2, -0.15) is 5.26 Å². The van der Waals surface area contributed by atoms with Crippen molar-refractivity contribution in [2.75, 3.05) is 18.5 Å². The zero-order valence-electron chi connectivity index (χ0n) is 10.6. The Labute approximate surface area is 106 Å². The van der Waals surface area contributed by atoms with Gasteiger partial charge in [-0.05, 0) is 31.0 Å². The minimum absolute atomic E-state index is 0.122. The Balaban J connectivity index is 1.87. The third kappa shape index (κ3) is 1.82. The van der Waals surface area contributed by atoms with Crippen LogP contribution in [-0.4, -0.2) is 18.6 Å². The Morgan fingerprint density at radius 2 is 2.28 bits per heavy atom. The van der Waals surface area contributed by atoms with E-state index in [9.17, 15) is 0 Å². The van der Waals surface area contributed by atoms with Gasteiger partial charge in [0.15, 0.2) is 11.5 Å². The Hall–Kier alpha value is -2.02. The van der Waals surface area contributed by atoms with Crippen molar-refractivity contribution in [3.8, 4) is 6.07 Å². The highest BCUT2D eigenvalue weighted by Crippen LogP contribution is 2.45. The molecule has 0 unspecified atom stereocenters. The molecule has 1 fully saturated rings. The molecule has 0 spiro atoms. The van der Waals surface area contributed by atoms with Crippen LogP contribution in [-0.2, 0) is 0 Å². The molecule has 3 rings (SSSR count). The maximum absolute atomic E-state index is 9.12. The topological polar surface area (TPSA) is 53.1 Å². The van der Waals surface area contributed by atoms with Crippen molar-refractivity contribution < 1.29 is 4.42 Å². The fourth-order valence-electron chi connectivity index (χ4n) is 2.27. The highest BCUT2D eigenvalue weighted by Gasteiger charge is 2.44. The first-order chi connectivity index (χ1) is 8.62. The Morgan fingerprint density at radius 3 is 2.94 bits per heavy atom. The summed E-state index contributed by atoms with van der Waals surface area (Å²) >= 11 is 0. The number of oxazole rings is 1. The molecule has 4 heteroatoms. The second-order valence-electron chi connectivity index (χ2n) is 5.13. The van der Waals surface area contributed by atoms with E-state index in [1.165, 1.54) is 0 Å². The molecule has 18 heavy (non-hydrogen) atoms. The summed E-state index contributed by atoms with van der Waals surface area (Å²) in [4.78, 5) is 6.45. The Kier molecular flexibility index (Phi) is 2.30. The van der Waals surface area contributed by atoms with E-state index in [4.69, 9.17) is 9.68 Å². The van der Waals surface area contributed by atoms with Gasteiger partial charge in [-0.3, -0.25) is 0 Å². The molecule has 1 aliphatic carbocycles. The molecule has 0 aliphatic heterocycles. The summed E-state index contributed by atoms with van der Waals surface area (Å²) in [5, 5.41) is 9.12. The maximum Gasteiger partial charge on any atom is 0.192 e. The van der Waals surface area contributed by atoms with Gasteiger partial charge >= 0.3 is 0 Å². The van der Waals surface area contributed by atoms with Gasteiger partial charge in [0.1, 0.15) is 5.52 Å².